The number of aliphatic hydroxyl groups excluding tert-OH is 1. The van der Waals surface area contributed by atoms with Crippen LogP contribution in [-0.2, 0) is 12.0 Å². The van der Waals surface area contributed by atoms with E-state index in [0.29, 0.717) is 25.3 Å². The van der Waals surface area contributed by atoms with Crippen molar-refractivity contribution in [1.82, 2.24) is 10.2 Å². The second-order valence-electron chi connectivity index (χ2n) is 7.72. The van der Waals surface area contributed by atoms with E-state index >= 15 is 0 Å². The molecule has 1 unspecified atom stereocenters. The first-order valence-electron chi connectivity index (χ1n) is 9.24. The molecule has 0 aromatic heterocycles. The van der Waals surface area contributed by atoms with Crippen molar-refractivity contribution >= 4 is 6.03 Å². The minimum Gasteiger partial charge on any atom is -0.493 e. The maximum absolute atomic E-state index is 12.6. The van der Waals surface area contributed by atoms with Crippen molar-refractivity contribution in [2.45, 2.75) is 56.9 Å². The lowest BCUT2D eigenvalue weighted by Crippen LogP contribution is -2.45. The van der Waals surface area contributed by atoms with Gasteiger partial charge in [-0.1, -0.05) is 18.2 Å². The molecule has 2 amide bonds. The summed E-state index contributed by atoms with van der Waals surface area (Å²) in [5.41, 5.74) is 1.89. The van der Waals surface area contributed by atoms with Gasteiger partial charge in [0.05, 0.1) is 18.6 Å². The predicted octanol–water partition coefficient (Wildman–Crippen LogP) is 2.34. The number of methoxy groups -OCH3 is 1. The van der Waals surface area contributed by atoms with E-state index in [2.05, 4.69) is 11.4 Å². The third-order valence-electron chi connectivity index (χ3n) is 5.66. The number of nitrogens with one attached hydrogen (secondary N) is 1. The van der Waals surface area contributed by atoms with Crippen LogP contribution in [0, 0.1) is 0 Å². The van der Waals surface area contributed by atoms with E-state index in [9.17, 15) is 9.90 Å². The summed E-state index contributed by atoms with van der Waals surface area (Å²) >= 11 is 0. The van der Waals surface area contributed by atoms with Gasteiger partial charge in [0.25, 0.3) is 0 Å². The van der Waals surface area contributed by atoms with Crippen molar-refractivity contribution in [3.05, 3.63) is 35.4 Å². The molecule has 6 nitrogen and oxygen atoms in total. The highest BCUT2D eigenvalue weighted by atomic mass is 16.5. The van der Waals surface area contributed by atoms with Gasteiger partial charge in [0.1, 0.15) is 6.10 Å². The molecule has 2 heterocycles. The summed E-state index contributed by atoms with van der Waals surface area (Å²) in [6.45, 7) is 5.10. The number of benzene rings is 1. The first kappa shape index (κ1) is 17.2. The number of hydrogen-bond donors (Lipinski definition) is 2. The van der Waals surface area contributed by atoms with Crippen molar-refractivity contribution in [1.29, 1.82) is 0 Å². The Labute approximate surface area is 153 Å². The predicted molar refractivity (Wildman–Crippen MR) is 97.5 cm³/mol. The monoisotopic (exact) mass is 358 g/mol. The highest BCUT2D eigenvalue weighted by Gasteiger charge is 2.53. The minimum absolute atomic E-state index is 0.0433. The second-order valence-corrected chi connectivity index (χ2v) is 7.72. The third-order valence-corrected chi connectivity index (χ3v) is 5.66. The number of urea groups is 1. The maximum atomic E-state index is 12.6. The van der Waals surface area contributed by atoms with E-state index in [1.54, 1.807) is 7.11 Å². The molecule has 3 aliphatic rings. The number of aliphatic hydroxyl groups is 1. The van der Waals surface area contributed by atoms with Gasteiger partial charge >= 0.3 is 6.03 Å². The molecule has 2 N–H and O–H groups in total. The van der Waals surface area contributed by atoms with E-state index in [0.717, 1.165) is 23.3 Å². The topological polar surface area (TPSA) is 71.0 Å². The Morgan fingerprint density at radius 3 is 3.00 bits per heavy atom. The fourth-order valence-corrected chi connectivity index (χ4v) is 4.45. The zero-order valence-electron chi connectivity index (χ0n) is 15.5. The number of hydrogen-bond acceptors (Lipinski definition) is 4. The van der Waals surface area contributed by atoms with Crippen LogP contribution < -0.4 is 14.8 Å². The Morgan fingerprint density at radius 1 is 1.46 bits per heavy atom. The van der Waals surface area contributed by atoms with Gasteiger partial charge in [-0.15, -0.1) is 0 Å². The molecule has 0 radical (unpaired) electrons. The highest BCUT2D eigenvalue weighted by Crippen LogP contribution is 2.55. The number of ether oxygens (including phenoxy) is 2. The molecule has 1 spiro atoms. The SMILES string of the molecule is COc1ccc2c3c1O[C@@H]1C[C@H](O)C=CC31CCN(C(=O)NC(C)C)C2. The lowest BCUT2D eigenvalue weighted by Gasteiger charge is -2.35. The summed E-state index contributed by atoms with van der Waals surface area (Å²) in [6.07, 6.45) is 4.62. The first-order valence-corrected chi connectivity index (χ1v) is 9.24. The molecule has 3 atom stereocenters. The van der Waals surface area contributed by atoms with Crippen LogP contribution in [0.4, 0.5) is 4.79 Å². The molecule has 0 fully saturated rings. The zero-order chi connectivity index (χ0) is 18.5. The zero-order valence-corrected chi connectivity index (χ0v) is 15.5. The number of carbonyl (C=O) groups is 1. The number of nitrogens with zero attached hydrogens (tertiary/aromatic N) is 1. The van der Waals surface area contributed by atoms with Gasteiger partial charge in [-0.25, -0.2) is 4.79 Å². The Kier molecular flexibility index (Phi) is 4.10. The van der Waals surface area contributed by atoms with Crippen molar-refractivity contribution in [3.63, 3.8) is 0 Å². The van der Waals surface area contributed by atoms with Gasteiger partial charge < -0.3 is 24.8 Å². The summed E-state index contributed by atoms with van der Waals surface area (Å²) in [4.78, 5) is 14.5. The molecule has 0 bridgehead atoms. The minimum atomic E-state index is -0.502. The largest absolute Gasteiger partial charge is 0.493 e. The van der Waals surface area contributed by atoms with Crippen LogP contribution >= 0.6 is 0 Å². The van der Waals surface area contributed by atoms with Crippen LogP contribution in [0.3, 0.4) is 0 Å². The fourth-order valence-electron chi connectivity index (χ4n) is 4.45. The Balaban J connectivity index is 1.79. The number of rotatable bonds is 2. The summed E-state index contributed by atoms with van der Waals surface area (Å²) < 4.78 is 11.8. The fraction of sp³-hybridized carbons (Fsp3) is 0.550. The number of carbonyl (C=O) groups excluding carboxylic acids is 1. The van der Waals surface area contributed by atoms with E-state index in [1.807, 2.05) is 37.0 Å². The van der Waals surface area contributed by atoms with Gasteiger partial charge in [-0.3, -0.25) is 0 Å². The molecular weight excluding hydrogens is 332 g/mol. The molecule has 4 rings (SSSR count). The molecular formula is C20H26N2O4. The van der Waals surface area contributed by atoms with Crippen LogP contribution in [0.2, 0.25) is 0 Å². The lowest BCUT2D eigenvalue weighted by atomic mass is 9.69. The van der Waals surface area contributed by atoms with Gasteiger partial charge in [-0.05, 0) is 31.9 Å². The van der Waals surface area contributed by atoms with Crippen LogP contribution in [0.25, 0.3) is 0 Å². The maximum Gasteiger partial charge on any atom is 0.317 e. The average Bonchev–Trinajstić information content (AvgIpc) is 2.82. The smallest absolute Gasteiger partial charge is 0.317 e. The molecule has 0 saturated carbocycles. The summed E-state index contributed by atoms with van der Waals surface area (Å²) in [5.74, 6) is 1.47. The number of amides is 2. The standard InChI is InChI=1S/C20H26N2O4/c1-12(2)21-19(24)22-9-8-20-7-6-14(23)10-16(20)26-18-15(25-3)5-4-13(11-22)17(18)20/h4-7,12,14,16,23H,8-11H2,1-3H3,(H,21,24)/t14-,16-,20?/m1/s1. The highest BCUT2D eigenvalue weighted by molar-refractivity contribution is 5.75. The van der Waals surface area contributed by atoms with E-state index < -0.39 is 6.10 Å². The Bertz CT molecular complexity index is 760. The van der Waals surface area contributed by atoms with Gasteiger partial charge in [0.2, 0.25) is 0 Å². The molecule has 26 heavy (non-hydrogen) atoms. The van der Waals surface area contributed by atoms with Gasteiger partial charge in [0, 0.05) is 31.1 Å². The van der Waals surface area contributed by atoms with E-state index in [1.165, 1.54) is 0 Å². The molecule has 140 valence electrons. The summed E-state index contributed by atoms with van der Waals surface area (Å²) in [7, 11) is 1.64. The van der Waals surface area contributed by atoms with Gasteiger partial charge in [-0.2, -0.15) is 0 Å². The van der Waals surface area contributed by atoms with Crippen molar-refractivity contribution in [2.75, 3.05) is 13.7 Å². The quantitative estimate of drug-likeness (QED) is 0.796. The van der Waals surface area contributed by atoms with Crippen molar-refractivity contribution in [3.8, 4) is 11.5 Å². The van der Waals surface area contributed by atoms with Crippen molar-refractivity contribution in [2.24, 2.45) is 0 Å². The summed E-state index contributed by atoms with van der Waals surface area (Å²) in [5, 5.41) is 13.1. The molecule has 1 aromatic rings. The third kappa shape index (κ3) is 2.55. The molecule has 2 aliphatic heterocycles. The summed E-state index contributed by atoms with van der Waals surface area (Å²) in [6, 6.07) is 3.99. The lowest BCUT2D eigenvalue weighted by molar-refractivity contribution is 0.0820. The van der Waals surface area contributed by atoms with Crippen LogP contribution in [0.15, 0.2) is 24.3 Å². The molecule has 1 aliphatic carbocycles. The normalized spacial score (nSPS) is 28.9. The molecule has 0 saturated heterocycles. The van der Waals surface area contributed by atoms with Crippen LogP contribution in [-0.4, -0.2) is 47.9 Å². The average molecular weight is 358 g/mol. The molecule has 1 aromatic carbocycles. The van der Waals surface area contributed by atoms with Gasteiger partial charge in [0.15, 0.2) is 11.5 Å². The Hall–Kier alpha value is -2.21. The van der Waals surface area contributed by atoms with Crippen molar-refractivity contribution < 1.29 is 19.4 Å². The first-order chi connectivity index (χ1) is 12.4. The van der Waals surface area contributed by atoms with Crippen LogP contribution in [0.5, 0.6) is 11.5 Å². The van der Waals surface area contributed by atoms with E-state index in [-0.39, 0.29) is 23.6 Å². The van der Waals surface area contributed by atoms with Crippen LogP contribution in [0.1, 0.15) is 37.8 Å². The van der Waals surface area contributed by atoms with E-state index in [4.69, 9.17) is 9.47 Å². The Morgan fingerprint density at radius 2 is 2.27 bits per heavy atom. The second kappa shape index (κ2) is 6.20. The molecule has 6 heteroatoms.